The fourth-order valence-corrected chi connectivity index (χ4v) is 0.882. The van der Waals surface area contributed by atoms with E-state index in [1.165, 1.54) is 13.3 Å². The molecule has 0 amide bonds. The first-order chi connectivity index (χ1) is 5.55. The molecule has 0 saturated heterocycles. The number of halogens is 1. The summed E-state index contributed by atoms with van der Waals surface area (Å²) in [7, 11) is 1.73. The van der Waals surface area contributed by atoms with Crippen LogP contribution >= 0.6 is 0 Å². The monoisotopic (exact) mass is 172 g/mol. The molecule has 12 heavy (non-hydrogen) atoms. The maximum Gasteiger partial charge on any atom is 0.138 e. The highest BCUT2D eigenvalue weighted by molar-refractivity contribution is 4.92. The lowest BCUT2D eigenvalue weighted by Gasteiger charge is -2.16. The Hall–Kier alpha value is -0.970. The number of hydrogen-bond acceptors (Lipinski definition) is 3. The molecule has 0 saturated carbocycles. The van der Waals surface area contributed by atoms with E-state index in [-0.39, 0.29) is 13.0 Å². The average Bonchev–Trinajstić information content (AvgIpc) is 2.36. The summed E-state index contributed by atoms with van der Waals surface area (Å²) in [5.74, 6) is 0.616. The maximum atomic E-state index is 13.4. The zero-order valence-electron chi connectivity index (χ0n) is 7.29. The smallest absolute Gasteiger partial charge is 0.138 e. The zero-order valence-corrected chi connectivity index (χ0v) is 7.29. The van der Waals surface area contributed by atoms with Crippen molar-refractivity contribution in [3.05, 3.63) is 12.2 Å². The van der Waals surface area contributed by atoms with Gasteiger partial charge in [-0.15, -0.1) is 0 Å². The van der Waals surface area contributed by atoms with E-state index in [0.29, 0.717) is 5.82 Å². The fourth-order valence-electron chi connectivity index (χ4n) is 0.882. The van der Waals surface area contributed by atoms with Crippen molar-refractivity contribution in [3.63, 3.8) is 0 Å². The largest absolute Gasteiger partial charge is 0.328 e. The van der Waals surface area contributed by atoms with Crippen LogP contribution in [-0.4, -0.2) is 27.0 Å². The van der Waals surface area contributed by atoms with Gasteiger partial charge < -0.3 is 5.73 Å². The Balaban J connectivity index is 2.70. The predicted molar refractivity (Wildman–Crippen MR) is 43.3 cm³/mol. The molecule has 0 aliphatic carbocycles. The van der Waals surface area contributed by atoms with E-state index in [0.717, 1.165) is 0 Å². The normalized spacial score (nSPS) is 16.0. The van der Waals surface area contributed by atoms with Crippen molar-refractivity contribution in [2.75, 3.05) is 6.54 Å². The highest BCUT2D eigenvalue weighted by Gasteiger charge is 2.23. The molecule has 68 valence electrons. The van der Waals surface area contributed by atoms with Gasteiger partial charge in [-0.3, -0.25) is 4.68 Å². The lowest BCUT2D eigenvalue weighted by molar-refractivity contribution is 0.194. The number of nitrogens with zero attached hydrogens (tertiary/aromatic N) is 3. The molecular formula is C7H13FN4. The molecule has 0 radical (unpaired) electrons. The second kappa shape index (κ2) is 3.18. The minimum absolute atomic E-state index is 0.000139. The van der Waals surface area contributed by atoms with Crippen molar-refractivity contribution >= 4 is 0 Å². The molecule has 0 spiro atoms. The van der Waals surface area contributed by atoms with Crippen molar-refractivity contribution in [2.45, 2.75) is 19.0 Å². The van der Waals surface area contributed by atoms with Crippen LogP contribution in [0.3, 0.4) is 0 Å². The summed E-state index contributed by atoms with van der Waals surface area (Å²) in [4.78, 5) is 3.91. The van der Waals surface area contributed by atoms with Gasteiger partial charge in [-0.05, 0) is 6.92 Å². The van der Waals surface area contributed by atoms with Crippen LogP contribution in [0, 0.1) is 0 Å². The van der Waals surface area contributed by atoms with Gasteiger partial charge >= 0.3 is 0 Å². The van der Waals surface area contributed by atoms with Crippen molar-refractivity contribution < 1.29 is 4.39 Å². The Morgan fingerprint density at radius 3 is 2.83 bits per heavy atom. The second-order valence-corrected chi connectivity index (χ2v) is 3.09. The van der Waals surface area contributed by atoms with Gasteiger partial charge in [0.25, 0.3) is 0 Å². The number of aryl methyl sites for hydroxylation is 1. The molecule has 0 aliphatic heterocycles. The molecule has 1 unspecified atom stereocenters. The van der Waals surface area contributed by atoms with Crippen LogP contribution in [0.15, 0.2) is 6.33 Å². The highest BCUT2D eigenvalue weighted by Crippen LogP contribution is 2.13. The second-order valence-electron chi connectivity index (χ2n) is 3.09. The third kappa shape index (κ3) is 2.01. The SMILES string of the molecule is Cn1ncnc1CC(C)(F)CN. The zero-order chi connectivity index (χ0) is 9.19. The third-order valence-corrected chi connectivity index (χ3v) is 1.76. The van der Waals surface area contributed by atoms with E-state index in [2.05, 4.69) is 10.1 Å². The summed E-state index contributed by atoms with van der Waals surface area (Å²) in [6, 6.07) is 0. The lowest BCUT2D eigenvalue weighted by atomic mass is 10.1. The van der Waals surface area contributed by atoms with Gasteiger partial charge in [-0.2, -0.15) is 5.10 Å². The first-order valence-corrected chi connectivity index (χ1v) is 3.77. The standard InChI is InChI=1S/C7H13FN4/c1-7(8,4-9)3-6-10-5-11-12(6)2/h5H,3-4,9H2,1-2H3. The quantitative estimate of drug-likeness (QED) is 0.700. The molecule has 1 rings (SSSR count). The number of rotatable bonds is 3. The molecular weight excluding hydrogens is 159 g/mol. The van der Waals surface area contributed by atoms with Crippen LogP contribution in [0.25, 0.3) is 0 Å². The first kappa shape index (κ1) is 9.12. The molecule has 0 fully saturated rings. The summed E-state index contributed by atoms with van der Waals surface area (Å²) >= 11 is 0. The summed E-state index contributed by atoms with van der Waals surface area (Å²) in [5, 5.41) is 3.83. The highest BCUT2D eigenvalue weighted by atomic mass is 19.1. The van der Waals surface area contributed by atoms with E-state index in [1.807, 2.05) is 0 Å². The molecule has 1 aromatic rings. The first-order valence-electron chi connectivity index (χ1n) is 3.77. The Morgan fingerprint density at radius 2 is 2.42 bits per heavy atom. The summed E-state index contributed by atoms with van der Waals surface area (Å²) < 4.78 is 14.9. The summed E-state index contributed by atoms with van der Waals surface area (Å²) in [6.45, 7) is 1.46. The van der Waals surface area contributed by atoms with E-state index < -0.39 is 5.67 Å². The topological polar surface area (TPSA) is 56.7 Å². The molecule has 0 aliphatic rings. The van der Waals surface area contributed by atoms with E-state index in [9.17, 15) is 4.39 Å². The van der Waals surface area contributed by atoms with Gasteiger partial charge in [0.15, 0.2) is 0 Å². The summed E-state index contributed by atoms with van der Waals surface area (Å²) in [6.07, 6.45) is 1.61. The van der Waals surface area contributed by atoms with Crippen molar-refractivity contribution in [1.29, 1.82) is 0 Å². The maximum absolute atomic E-state index is 13.4. The minimum atomic E-state index is -1.39. The molecule has 4 nitrogen and oxygen atoms in total. The van der Waals surface area contributed by atoms with Gasteiger partial charge in [0.2, 0.25) is 0 Å². The Labute approximate surface area is 70.6 Å². The molecule has 1 atom stereocenters. The van der Waals surface area contributed by atoms with Crippen LogP contribution in [-0.2, 0) is 13.5 Å². The van der Waals surface area contributed by atoms with Crippen LogP contribution in [0.4, 0.5) is 4.39 Å². The molecule has 0 bridgehead atoms. The number of alkyl halides is 1. The number of aromatic nitrogens is 3. The van der Waals surface area contributed by atoms with Gasteiger partial charge in [0.05, 0.1) is 0 Å². The summed E-state index contributed by atoms with van der Waals surface area (Å²) in [5.41, 5.74) is 3.85. The van der Waals surface area contributed by atoms with Crippen LogP contribution in [0.2, 0.25) is 0 Å². The van der Waals surface area contributed by atoms with E-state index in [1.54, 1.807) is 11.7 Å². The number of nitrogens with two attached hydrogens (primary N) is 1. The fraction of sp³-hybridized carbons (Fsp3) is 0.714. The van der Waals surface area contributed by atoms with Crippen molar-refractivity contribution in [3.8, 4) is 0 Å². The van der Waals surface area contributed by atoms with Crippen LogP contribution < -0.4 is 5.73 Å². The molecule has 1 aromatic heterocycles. The lowest BCUT2D eigenvalue weighted by Crippen LogP contribution is -2.32. The van der Waals surface area contributed by atoms with E-state index in [4.69, 9.17) is 5.73 Å². The van der Waals surface area contributed by atoms with Gasteiger partial charge in [0.1, 0.15) is 17.8 Å². The van der Waals surface area contributed by atoms with Gasteiger partial charge in [-0.1, -0.05) is 0 Å². The Bertz CT molecular complexity index is 256. The van der Waals surface area contributed by atoms with Crippen molar-refractivity contribution in [2.24, 2.45) is 12.8 Å². The molecule has 0 aromatic carbocycles. The van der Waals surface area contributed by atoms with E-state index >= 15 is 0 Å². The Morgan fingerprint density at radius 1 is 1.75 bits per heavy atom. The average molecular weight is 172 g/mol. The van der Waals surface area contributed by atoms with Gasteiger partial charge in [-0.25, -0.2) is 9.37 Å². The van der Waals surface area contributed by atoms with Crippen LogP contribution in [0.1, 0.15) is 12.7 Å². The van der Waals surface area contributed by atoms with Crippen molar-refractivity contribution in [1.82, 2.24) is 14.8 Å². The van der Waals surface area contributed by atoms with Crippen LogP contribution in [0.5, 0.6) is 0 Å². The number of hydrogen-bond donors (Lipinski definition) is 1. The molecule has 1 heterocycles. The minimum Gasteiger partial charge on any atom is -0.328 e. The third-order valence-electron chi connectivity index (χ3n) is 1.76. The molecule has 2 N–H and O–H groups in total. The predicted octanol–water partition coefficient (Wildman–Crippen LogP) is 0.0445. The molecule has 5 heteroatoms. The van der Waals surface area contributed by atoms with Gasteiger partial charge in [0, 0.05) is 20.0 Å². The Kier molecular flexibility index (Phi) is 2.42.